The van der Waals surface area contributed by atoms with Crippen LogP contribution in [0, 0.1) is 0 Å². The fourth-order valence-electron chi connectivity index (χ4n) is 2.39. The van der Waals surface area contributed by atoms with Gasteiger partial charge in [-0.2, -0.15) is 0 Å². The summed E-state index contributed by atoms with van der Waals surface area (Å²) in [6, 6.07) is 18.3. The number of aromatic nitrogens is 3. The first-order valence-electron chi connectivity index (χ1n) is 6.20. The Morgan fingerprint density at radius 2 is 1.58 bits per heavy atom. The Balaban J connectivity index is 2.08. The zero-order valence-electron chi connectivity index (χ0n) is 10.2. The lowest BCUT2D eigenvalue weighted by atomic mass is 10.2. The quantitative estimate of drug-likeness (QED) is 0.513. The Hall–Kier alpha value is -2.68. The van der Waals surface area contributed by atoms with E-state index in [0.717, 1.165) is 27.8 Å². The standard InChI is InChI=1S/C16H11N3/c1-2-6-12(7-3-1)15-10-17-16-13-8-4-5-9-14(13)18-11-19(15)16/h1-11H. The molecular formula is C16H11N3. The molecule has 3 nitrogen and oxygen atoms in total. The van der Waals surface area contributed by atoms with Gasteiger partial charge >= 0.3 is 0 Å². The Morgan fingerprint density at radius 1 is 0.789 bits per heavy atom. The number of para-hydroxylation sites is 1. The maximum absolute atomic E-state index is 4.55. The molecular weight excluding hydrogens is 234 g/mol. The number of nitrogens with zero attached hydrogens (tertiary/aromatic N) is 3. The molecule has 4 rings (SSSR count). The molecule has 0 aliphatic heterocycles. The van der Waals surface area contributed by atoms with E-state index in [1.807, 2.05) is 53.3 Å². The van der Waals surface area contributed by atoms with E-state index < -0.39 is 0 Å². The van der Waals surface area contributed by atoms with Gasteiger partial charge < -0.3 is 0 Å². The zero-order chi connectivity index (χ0) is 12.7. The van der Waals surface area contributed by atoms with Gasteiger partial charge in [-0.3, -0.25) is 4.40 Å². The van der Waals surface area contributed by atoms with Gasteiger partial charge in [0.25, 0.3) is 0 Å². The summed E-state index contributed by atoms with van der Waals surface area (Å²) < 4.78 is 2.04. The van der Waals surface area contributed by atoms with Gasteiger partial charge in [-0.15, -0.1) is 0 Å². The zero-order valence-corrected chi connectivity index (χ0v) is 10.2. The van der Waals surface area contributed by atoms with Gasteiger partial charge in [-0.05, 0) is 12.1 Å². The van der Waals surface area contributed by atoms with Crippen molar-refractivity contribution < 1.29 is 0 Å². The number of imidazole rings is 1. The second-order valence-electron chi connectivity index (χ2n) is 4.46. The highest BCUT2D eigenvalue weighted by atomic mass is 15.0. The molecule has 19 heavy (non-hydrogen) atoms. The molecule has 0 saturated heterocycles. The molecule has 0 unspecified atom stereocenters. The predicted molar refractivity (Wildman–Crippen MR) is 75.9 cm³/mol. The monoisotopic (exact) mass is 245 g/mol. The molecule has 0 atom stereocenters. The molecule has 0 N–H and O–H groups in total. The van der Waals surface area contributed by atoms with E-state index in [9.17, 15) is 0 Å². The Kier molecular flexibility index (Phi) is 2.12. The first-order chi connectivity index (χ1) is 9.43. The Labute approximate surface area is 110 Å². The first kappa shape index (κ1) is 10.3. The third-order valence-electron chi connectivity index (χ3n) is 3.32. The molecule has 3 heteroatoms. The summed E-state index contributed by atoms with van der Waals surface area (Å²) in [5.41, 5.74) is 4.13. The largest absolute Gasteiger partial charge is 0.282 e. The lowest BCUT2D eigenvalue weighted by Crippen LogP contribution is -1.91. The molecule has 0 bridgehead atoms. The van der Waals surface area contributed by atoms with E-state index in [4.69, 9.17) is 0 Å². The number of rotatable bonds is 1. The molecule has 2 aromatic heterocycles. The third-order valence-corrected chi connectivity index (χ3v) is 3.32. The number of fused-ring (bicyclic) bond motifs is 3. The van der Waals surface area contributed by atoms with Gasteiger partial charge in [0.2, 0.25) is 0 Å². The third kappa shape index (κ3) is 1.52. The van der Waals surface area contributed by atoms with Crippen LogP contribution in [0.1, 0.15) is 0 Å². The molecule has 0 radical (unpaired) electrons. The molecule has 0 fully saturated rings. The van der Waals surface area contributed by atoms with Crippen molar-refractivity contribution in [1.29, 1.82) is 0 Å². The summed E-state index contributed by atoms with van der Waals surface area (Å²) in [5, 5.41) is 1.08. The van der Waals surface area contributed by atoms with Gasteiger partial charge in [0.15, 0.2) is 0 Å². The summed E-state index contributed by atoms with van der Waals surface area (Å²) in [6.45, 7) is 0. The van der Waals surface area contributed by atoms with Crippen LogP contribution in [0.15, 0.2) is 67.1 Å². The minimum atomic E-state index is 0.949. The lowest BCUT2D eigenvalue weighted by molar-refractivity contribution is 1.12. The molecule has 4 aromatic rings. The van der Waals surface area contributed by atoms with Crippen LogP contribution >= 0.6 is 0 Å². The maximum Gasteiger partial charge on any atom is 0.147 e. The summed E-state index contributed by atoms with van der Waals surface area (Å²) in [7, 11) is 0. The summed E-state index contributed by atoms with van der Waals surface area (Å²) >= 11 is 0. The van der Waals surface area contributed by atoms with Gasteiger partial charge in [-0.25, -0.2) is 9.97 Å². The average molecular weight is 245 g/mol. The van der Waals surface area contributed by atoms with E-state index in [-0.39, 0.29) is 0 Å². The predicted octanol–water partition coefficient (Wildman–Crippen LogP) is 3.55. The second kappa shape index (κ2) is 3.92. The van der Waals surface area contributed by atoms with Crippen molar-refractivity contribution in [1.82, 2.24) is 14.4 Å². The normalized spacial score (nSPS) is 11.2. The van der Waals surface area contributed by atoms with Crippen LogP contribution in [0.3, 0.4) is 0 Å². The lowest BCUT2D eigenvalue weighted by Gasteiger charge is -2.03. The molecule has 0 amide bonds. The van der Waals surface area contributed by atoms with Gasteiger partial charge in [0.1, 0.15) is 12.0 Å². The molecule has 0 aliphatic rings. The molecule has 0 saturated carbocycles. The van der Waals surface area contributed by atoms with Crippen molar-refractivity contribution >= 4 is 16.6 Å². The van der Waals surface area contributed by atoms with E-state index >= 15 is 0 Å². The molecule has 0 aliphatic carbocycles. The van der Waals surface area contributed by atoms with Gasteiger partial charge in [-0.1, -0.05) is 42.5 Å². The smallest absolute Gasteiger partial charge is 0.147 e. The van der Waals surface area contributed by atoms with Crippen LogP contribution in [0.25, 0.3) is 27.8 Å². The van der Waals surface area contributed by atoms with Gasteiger partial charge in [0, 0.05) is 10.9 Å². The van der Waals surface area contributed by atoms with Crippen molar-refractivity contribution in [2.24, 2.45) is 0 Å². The van der Waals surface area contributed by atoms with E-state index in [1.165, 1.54) is 0 Å². The highest BCUT2D eigenvalue weighted by Crippen LogP contribution is 2.23. The van der Waals surface area contributed by atoms with Crippen LogP contribution in [0.4, 0.5) is 0 Å². The molecule has 2 heterocycles. The number of hydrogen-bond donors (Lipinski definition) is 0. The highest BCUT2D eigenvalue weighted by molar-refractivity contribution is 5.92. The number of hydrogen-bond acceptors (Lipinski definition) is 2. The minimum absolute atomic E-state index is 0.949. The van der Waals surface area contributed by atoms with Crippen LogP contribution in [-0.2, 0) is 0 Å². The highest BCUT2D eigenvalue weighted by Gasteiger charge is 2.08. The molecule has 2 aromatic carbocycles. The van der Waals surface area contributed by atoms with E-state index in [1.54, 1.807) is 0 Å². The van der Waals surface area contributed by atoms with Crippen molar-refractivity contribution in [3.05, 3.63) is 67.1 Å². The fourth-order valence-corrected chi connectivity index (χ4v) is 2.39. The second-order valence-corrected chi connectivity index (χ2v) is 4.46. The van der Waals surface area contributed by atoms with Crippen LogP contribution in [0.2, 0.25) is 0 Å². The SMILES string of the molecule is c1ccc(-c2cnc3c4ccccc4ncn23)cc1. The molecule has 0 spiro atoms. The first-order valence-corrected chi connectivity index (χ1v) is 6.20. The van der Waals surface area contributed by atoms with Crippen LogP contribution < -0.4 is 0 Å². The van der Waals surface area contributed by atoms with Crippen molar-refractivity contribution in [2.45, 2.75) is 0 Å². The maximum atomic E-state index is 4.55. The summed E-state index contributed by atoms with van der Waals surface area (Å²) in [6.07, 6.45) is 3.74. The van der Waals surface area contributed by atoms with E-state index in [2.05, 4.69) is 28.2 Å². The topological polar surface area (TPSA) is 30.2 Å². The van der Waals surface area contributed by atoms with Gasteiger partial charge in [0.05, 0.1) is 17.4 Å². The number of benzene rings is 2. The average Bonchev–Trinajstić information content (AvgIpc) is 2.92. The van der Waals surface area contributed by atoms with Crippen LogP contribution in [-0.4, -0.2) is 14.4 Å². The Bertz CT molecular complexity index is 863. The van der Waals surface area contributed by atoms with Crippen molar-refractivity contribution in [3.8, 4) is 11.3 Å². The fraction of sp³-hybridized carbons (Fsp3) is 0. The van der Waals surface area contributed by atoms with Crippen LogP contribution in [0.5, 0.6) is 0 Å². The summed E-state index contributed by atoms with van der Waals surface area (Å²) in [5.74, 6) is 0. The van der Waals surface area contributed by atoms with Crippen molar-refractivity contribution in [2.75, 3.05) is 0 Å². The van der Waals surface area contributed by atoms with Crippen molar-refractivity contribution in [3.63, 3.8) is 0 Å². The van der Waals surface area contributed by atoms with E-state index in [0.29, 0.717) is 0 Å². The minimum Gasteiger partial charge on any atom is -0.282 e. The Morgan fingerprint density at radius 3 is 2.47 bits per heavy atom. The molecule has 90 valence electrons. The summed E-state index contributed by atoms with van der Waals surface area (Å²) in [4.78, 5) is 9.04.